The molecule has 33 heavy (non-hydrogen) atoms. The number of amidine groups is 1. The molecule has 3 N–H and O–H groups in total. The van der Waals surface area contributed by atoms with E-state index in [4.69, 9.17) is 0 Å². The summed E-state index contributed by atoms with van der Waals surface area (Å²) in [7, 11) is 0. The molecule has 0 bridgehead atoms. The number of hydrogen-bond acceptors (Lipinski definition) is 1. The number of hydrogen-bond donors (Lipinski definition) is 3. The Morgan fingerprint density at radius 2 is 1.33 bits per heavy atom. The van der Waals surface area contributed by atoms with Crippen LogP contribution in [0.2, 0.25) is 0 Å². The van der Waals surface area contributed by atoms with Gasteiger partial charge < -0.3 is 38.9 Å². The predicted octanol–water partition coefficient (Wildman–Crippen LogP) is -2.24. The molecule has 3 nitrogen and oxygen atoms in total. The average Bonchev–Trinajstić information content (AvgIpc) is 2.78. The van der Waals surface area contributed by atoms with Crippen LogP contribution in [0, 0.1) is 0 Å². The highest BCUT2D eigenvalue weighted by Gasteiger charge is 2.16. The summed E-state index contributed by atoms with van der Waals surface area (Å²) in [4.78, 5) is 6.55. The normalized spacial score (nSPS) is 11.3. The third-order valence-electron chi connectivity index (χ3n) is 5.37. The number of para-hydroxylation sites is 1. The van der Waals surface area contributed by atoms with Gasteiger partial charge in [0, 0.05) is 10.6 Å². The molecule has 0 atom stereocenters. The van der Waals surface area contributed by atoms with Crippen LogP contribution in [0.5, 0.6) is 0 Å². The second-order valence-electron chi connectivity index (χ2n) is 8.36. The quantitative estimate of drug-likeness (QED) is 0.149. The van der Waals surface area contributed by atoms with E-state index in [2.05, 4.69) is 98.7 Å². The Morgan fingerprint density at radius 3 is 1.88 bits per heavy atom. The molecule has 0 aliphatic rings. The van der Waals surface area contributed by atoms with Gasteiger partial charge in [-0.15, -0.1) is 11.8 Å². The molecule has 3 aromatic carbocycles. The van der Waals surface area contributed by atoms with E-state index in [1.54, 1.807) is 4.90 Å². The molecule has 0 spiro atoms. The van der Waals surface area contributed by atoms with E-state index in [9.17, 15) is 0 Å². The van der Waals surface area contributed by atoms with E-state index < -0.39 is 0 Å². The highest BCUT2D eigenvalue weighted by atomic mass is 79.9. The van der Waals surface area contributed by atoms with E-state index in [-0.39, 0.29) is 34.0 Å². The Labute approximate surface area is 224 Å². The minimum atomic E-state index is 0. The van der Waals surface area contributed by atoms with Gasteiger partial charge in [-0.1, -0.05) is 36.4 Å². The number of benzene rings is 3. The van der Waals surface area contributed by atoms with Crippen molar-refractivity contribution in [2.45, 2.75) is 44.7 Å². The largest absolute Gasteiger partial charge is 1.00 e. The summed E-state index contributed by atoms with van der Waals surface area (Å²) in [6.07, 6.45) is 0. The lowest BCUT2D eigenvalue weighted by Crippen LogP contribution is -3.18. The highest BCUT2D eigenvalue weighted by molar-refractivity contribution is 7.99. The first kappa shape index (κ1) is 29.4. The summed E-state index contributed by atoms with van der Waals surface area (Å²) in [5.41, 5.74) is 3.25. The highest BCUT2D eigenvalue weighted by Crippen LogP contribution is 2.18. The van der Waals surface area contributed by atoms with Crippen LogP contribution in [0.1, 0.15) is 33.3 Å². The van der Waals surface area contributed by atoms with Crippen molar-refractivity contribution in [3.8, 4) is 0 Å². The summed E-state index contributed by atoms with van der Waals surface area (Å²) in [6.45, 7) is 10.4. The standard InChI is InChI=1S/C27H33N3S.2BrH/c1-21(2)30(22(3)4)19-20-31-26-17-15-25(16-18-26)29-27(23-11-7-5-8-12-23)28-24-13-9-6-10-14-24;;/h5-18,21-22H,19-20H2,1-4H3,(H,28,29);2*1H. The van der Waals surface area contributed by atoms with Gasteiger partial charge in [-0.2, -0.15) is 0 Å². The molecule has 0 aromatic heterocycles. The van der Waals surface area contributed by atoms with E-state index in [1.807, 2.05) is 36.0 Å². The minimum Gasteiger partial charge on any atom is -1.00 e. The van der Waals surface area contributed by atoms with Crippen molar-refractivity contribution in [3.63, 3.8) is 0 Å². The first-order valence-corrected chi connectivity index (χ1v) is 12.1. The van der Waals surface area contributed by atoms with Gasteiger partial charge in [0.05, 0.1) is 24.2 Å². The van der Waals surface area contributed by atoms with Crippen LogP contribution < -0.4 is 49.2 Å². The monoisotopic (exact) mass is 591 g/mol. The molecular formula is C27H35Br2N3S. The van der Waals surface area contributed by atoms with Crippen LogP contribution in [0.25, 0.3) is 0 Å². The molecule has 0 saturated heterocycles. The van der Waals surface area contributed by atoms with Gasteiger partial charge in [-0.25, -0.2) is 10.3 Å². The van der Waals surface area contributed by atoms with Crippen molar-refractivity contribution < 1.29 is 43.9 Å². The van der Waals surface area contributed by atoms with E-state index in [0.29, 0.717) is 12.1 Å². The lowest BCUT2D eigenvalue weighted by atomic mass is 10.2. The van der Waals surface area contributed by atoms with Gasteiger partial charge in [-0.3, -0.25) is 0 Å². The topological polar surface area (TPSA) is 30.4 Å². The molecule has 0 radical (unpaired) electrons. The summed E-state index contributed by atoms with van der Waals surface area (Å²) in [5, 5.41) is 3.52. The fraction of sp³-hybridized carbons (Fsp3) is 0.296. The number of anilines is 1. The maximum Gasteiger partial charge on any atom is 0.285 e. The predicted molar refractivity (Wildman–Crippen MR) is 135 cm³/mol. The Hall–Kier alpha value is -1.60. The summed E-state index contributed by atoms with van der Waals surface area (Å²) in [6, 6.07) is 30.7. The van der Waals surface area contributed by atoms with Crippen LogP contribution in [0.4, 0.5) is 11.4 Å². The number of nitrogens with one attached hydrogen (secondary N) is 3. The molecular weight excluding hydrogens is 558 g/mol. The van der Waals surface area contributed by atoms with Crippen molar-refractivity contribution >= 4 is 29.0 Å². The van der Waals surface area contributed by atoms with Crippen LogP contribution in [0.15, 0.2) is 89.8 Å². The molecule has 3 aromatic rings. The Kier molecular flexibility index (Phi) is 13.7. The van der Waals surface area contributed by atoms with Crippen LogP contribution in [-0.2, 0) is 0 Å². The zero-order chi connectivity index (χ0) is 22.1. The number of halogens is 2. The molecule has 0 amide bonds. The summed E-state index contributed by atoms with van der Waals surface area (Å²) < 4.78 is 0. The molecule has 178 valence electrons. The molecule has 0 saturated carbocycles. The van der Waals surface area contributed by atoms with E-state index in [0.717, 1.165) is 28.5 Å². The third-order valence-corrected chi connectivity index (χ3v) is 6.39. The van der Waals surface area contributed by atoms with Crippen molar-refractivity contribution in [1.82, 2.24) is 0 Å². The third kappa shape index (κ3) is 9.65. The Balaban J connectivity index is 0.00000272. The van der Waals surface area contributed by atoms with Crippen molar-refractivity contribution in [1.29, 1.82) is 0 Å². The van der Waals surface area contributed by atoms with E-state index >= 15 is 0 Å². The molecule has 0 unspecified atom stereocenters. The fourth-order valence-corrected chi connectivity index (χ4v) is 4.66. The fourth-order valence-electron chi connectivity index (χ4n) is 3.76. The van der Waals surface area contributed by atoms with Crippen molar-refractivity contribution in [3.05, 3.63) is 90.5 Å². The minimum absolute atomic E-state index is 0. The van der Waals surface area contributed by atoms with Gasteiger partial charge in [-0.05, 0) is 76.2 Å². The lowest BCUT2D eigenvalue weighted by Gasteiger charge is -2.27. The second-order valence-corrected chi connectivity index (χ2v) is 9.53. The van der Waals surface area contributed by atoms with Crippen LogP contribution in [0.3, 0.4) is 0 Å². The Bertz CT molecular complexity index is 938. The van der Waals surface area contributed by atoms with Gasteiger partial charge >= 0.3 is 0 Å². The van der Waals surface area contributed by atoms with Crippen molar-refractivity contribution in [2.75, 3.05) is 17.6 Å². The van der Waals surface area contributed by atoms with Gasteiger partial charge in [0.2, 0.25) is 0 Å². The van der Waals surface area contributed by atoms with Crippen LogP contribution >= 0.6 is 11.8 Å². The lowest BCUT2D eigenvalue weighted by molar-refractivity contribution is -0.939. The number of thioether (sulfide) groups is 1. The maximum absolute atomic E-state index is 3.57. The molecule has 3 rings (SSSR count). The zero-order valence-corrected chi connectivity index (χ0v) is 23.8. The first-order valence-electron chi connectivity index (χ1n) is 11.1. The average molecular weight is 593 g/mol. The molecule has 0 aliphatic heterocycles. The van der Waals surface area contributed by atoms with Crippen LogP contribution in [-0.4, -0.2) is 30.2 Å². The molecule has 0 aliphatic carbocycles. The Morgan fingerprint density at radius 1 is 0.788 bits per heavy atom. The SMILES string of the molecule is CC(C)[NH+](CCSc1ccc([NH+]=C(Nc2ccccc2)c2ccccc2)cc1)C(C)C.[Br-].[Br-]. The van der Waals surface area contributed by atoms with Gasteiger partial charge in [0.25, 0.3) is 5.84 Å². The molecule has 0 heterocycles. The van der Waals surface area contributed by atoms with Crippen molar-refractivity contribution in [2.24, 2.45) is 0 Å². The van der Waals surface area contributed by atoms with Gasteiger partial charge in [0.1, 0.15) is 11.4 Å². The molecule has 0 fully saturated rings. The first-order chi connectivity index (χ1) is 15.0. The smallest absolute Gasteiger partial charge is 0.285 e. The summed E-state index contributed by atoms with van der Waals surface area (Å²) in [5.74, 6) is 2.11. The van der Waals surface area contributed by atoms with Gasteiger partial charge in [0.15, 0.2) is 0 Å². The molecule has 6 heteroatoms. The number of quaternary nitrogens is 1. The zero-order valence-electron chi connectivity index (χ0n) is 19.8. The summed E-state index contributed by atoms with van der Waals surface area (Å²) >= 11 is 1.94. The number of rotatable bonds is 9. The maximum atomic E-state index is 3.57. The van der Waals surface area contributed by atoms with E-state index in [1.165, 1.54) is 11.4 Å². The second kappa shape index (κ2) is 15.3.